The summed E-state index contributed by atoms with van der Waals surface area (Å²) in [5.74, 6) is -0.509. The molecule has 5 nitrogen and oxygen atoms in total. The van der Waals surface area contributed by atoms with Gasteiger partial charge < -0.3 is 4.74 Å². The first-order valence-electron chi connectivity index (χ1n) is 10.6. The van der Waals surface area contributed by atoms with E-state index in [9.17, 15) is 19.2 Å². The van der Waals surface area contributed by atoms with E-state index >= 15 is 0 Å². The van der Waals surface area contributed by atoms with Crippen molar-refractivity contribution in [3.05, 3.63) is 36.0 Å². The van der Waals surface area contributed by atoms with Gasteiger partial charge in [0.2, 0.25) is 0 Å². The van der Waals surface area contributed by atoms with Crippen molar-refractivity contribution >= 4 is 23.3 Å². The fraction of sp³-hybridized carbons (Fsp3) is 0.583. The quantitative estimate of drug-likeness (QED) is 0.681. The van der Waals surface area contributed by atoms with E-state index in [2.05, 4.69) is 13.0 Å². The Kier molecular flexibility index (Phi) is 4.75. The van der Waals surface area contributed by atoms with Gasteiger partial charge in [0, 0.05) is 30.1 Å². The monoisotopic (exact) mass is 396 g/mol. The summed E-state index contributed by atoms with van der Waals surface area (Å²) in [5, 5.41) is 0. The van der Waals surface area contributed by atoms with E-state index in [0.717, 1.165) is 18.4 Å². The molecule has 0 aromatic rings. The summed E-state index contributed by atoms with van der Waals surface area (Å²) < 4.78 is 5.08. The van der Waals surface area contributed by atoms with E-state index in [1.807, 2.05) is 19.1 Å². The molecule has 6 atom stereocenters. The molecule has 4 aliphatic rings. The number of Topliss-reactive ketones (excluding diaryl/α,β-unsaturated/α-hetero) is 2. The molecule has 0 spiro atoms. The van der Waals surface area contributed by atoms with E-state index in [1.54, 1.807) is 19.1 Å². The average molecular weight is 396 g/mol. The van der Waals surface area contributed by atoms with Crippen molar-refractivity contribution < 1.29 is 23.9 Å². The standard InChI is InChI=1S/C24H28O5/c1-4-21(28)29-13-20(27)18-8-7-17-16-6-5-14-11-15(25)9-10-23(14,2)22(16)19(26)12-24(17,18)3/h5-6,9-11,16-18,22H,4,7-8,12-13H2,1-3H3. The maximum atomic E-state index is 13.4. The van der Waals surface area contributed by atoms with Crippen molar-refractivity contribution in [1.82, 2.24) is 0 Å². The molecule has 0 aromatic carbocycles. The number of allylic oxidation sites excluding steroid dienone is 6. The Morgan fingerprint density at radius 1 is 1.17 bits per heavy atom. The van der Waals surface area contributed by atoms with Crippen LogP contribution < -0.4 is 0 Å². The largest absolute Gasteiger partial charge is 0.458 e. The summed E-state index contributed by atoms with van der Waals surface area (Å²) in [4.78, 5) is 49.6. The predicted octanol–water partition coefficient (Wildman–Crippen LogP) is 3.39. The van der Waals surface area contributed by atoms with Gasteiger partial charge in [0.05, 0.1) is 0 Å². The van der Waals surface area contributed by atoms with Crippen LogP contribution in [-0.2, 0) is 23.9 Å². The van der Waals surface area contributed by atoms with Gasteiger partial charge in [0.1, 0.15) is 12.4 Å². The van der Waals surface area contributed by atoms with Crippen LogP contribution in [0.4, 0.5) is 0 Å². The molecule has 0 aliphatic heterocycles. The van der Waals surface area contributed by atoms with Crippen molar-refractivity contribution in [2.24, 2.45) is 34.5 Å². The minimum atomic E-state index is -0.468. The van der Waals surface area contributed by atoms with Crippen molar-refractivity contribution in [3.8, 4) is 0 Å². The number of ketones is 3. The molecule has 5 heteroatoms. The number of hydrogen-bond donors (Lipinski definition) is 0. The molecular weight excluding hydrogens is 368 g/mol. The molecule has 0 saturated heterocycles. The second kappa shape index (κ2) is 6.89. The Hall–Kier alpha value is -2.30. The minimum Gasteiger partial charge on any atom is -0.458 e. The maximum absolute atomic E-state index is 13.4. The second-order valence-corrected chi connectivity index (χ2v) is 9.40. The van der Waals surface area contributed by atoms with Crippen LogP contribution in [0.1, 0.15) is 46.5 Å². The first-order valence-corrected chi connectivity index (χ1v) is 10.6. The number of fused-ring (bicyclic) bond motifs is 5. The lowest BCUT2D eigenvalue weighted by Gasteiger charge is -2.53. The molecule has 0 bridgehead atoms. The first-order chi connectivity index (χ1) is 13.7. The van der Waals surface area contributed by atoms with Crippen LogP contribution in [0.15, 0.2) is 36.0 Å². The minimum absolute atomic E-state index is 0.0400. The molecule has 4 aliphatic carbocycles. The third-order valence-electron chi connectivity index (χ3n) is 7.87. The third-order valence-corrected chi connectivity index (χ3v) is 7.87. The van der Waals surface area contributed by atoms with Crippen LogP contribution in [-0.4, -0.2) is 29.9 Å². The lowest BCUT2D eigenvalue weighted by atomic mass is 9.49. The third kappa shape index (κ3) is 2.97. The van der Waals surface area contributed by atoms with Crippen LogP contribution in [0.3, 0.4) is 0 Å². The zero-order valence-corrected chi connectivity index (χ0v) is 17.3. The van der Waals surface area contributed by atoms with Crippen molar-refractivity contribution in [3.63, 3.8) is 0 Å². The van der Waals surface area contributed by atoms with E-state index in [4.69, 9.17) is 4.74 Å². The van der Waals surface area contributed by atoms with Crippen LogP contribution in [0.5, 0.6) is 0 Å². The summed E-state index contributed by atoms with van der Waals surface area (Å²) in [7, 11) is 0. The predicted molar refractivity (Wildman–Crippen MR) is 107 cm³/mol. The molecule has 2 fully saturated rings. The van der Waals surface area contributed by atoms with Gasteiger partial charge in [-0.15, -0.1) is 0 Å². The van der Waals surface area contributed by atoms with E-state index in [-0.39, 0.29) is 60.0 Å². The molecule has 0 heterocycles. The molecule has 29 heavy (non-hydrogen) atoms. The highest BCUT2D eigenvalue weighted by molar-refractivity contribution is 6.02. The molecule has 4 rings (SSSR count). The number of carbonyl (C=O) groups is 4. The summed E-state index contributed by atoms with van der Waals surface area (Å²) in [6.45, 7) is 5.61. The summed E-state index contributed by atoms with van der Waals surface area (Å²) in [5.41, 5.74) is 0.0227. The zero-order valence-electron chi connectivity index (χ0n) is 17.3. The number of esters is 1. The van der Waals surface area contributed by atoms with Gasteiger partial charge in [0.15, 0.2) is 11.6 Å². The van der Waals surface area contributed by atoms with Crippen LogP contribution in [0.25, 0.3) is 0 Å². The Morgan fingerprint density at radius 2 is 1.93 bits per heavy atom. The number of carbonyl (C=O) groups excluding carboxylic acids is 4. The van der Waals surface area contributed by atoms with Gasteiger partial charge in [0.25, 0.3) is 0 Å². The highest BCUT2D eigenvalue weighted by Crippen LogP contribution is 2.63. The summed E-state index contributed by atoms with van der Waals surface area (Å²) in [6.07, 6.45) is 11.4. The summed E-state index contributed by atoms with van der Waals surface area (Å²) >= 11 is 0. The Bertz CT molecular complexity index is 878. The molecular formula is C24H28O5. The smallest absolute Gasteiger partial charge is 0.305 e. The van der Waals surface area contributed by atoms with Gasteiger partial charge in [-0.05, 0) is 47.8 Å². The zero-order chi connectivity index (χ0) is 21.0. The SMILES string of the molecule is CCC(=O)OCC(=O)C1CCC2C3C=CC4=CC(=O)C=CC4(C)C3C(=O)CC12C. The van der Waals surface area contributed by atoms with Gasteiger partial charge in [-0.2, -0.15) is 0 Å². The van der Waals surface area contributed by atoms with Crippen LogP contribution in [0, 0.1) is 34.5 Å². The van der Waals surface area contributed by atoms with Crippen molar-refractivity contribution in [2.75, 3.05) is 6.61 Å². The first kappa shape index (κ1) is 20.0. The second-order valence-electron chi connectivity index (χ2n) is 9.40. The molecule has 6 unspecified atom stereocenters. The lowest BCUT2D eigenvalue weighted by Crippen LogP contribution is -2.53. The van der Waals surface area contributed by atoms with Gasteiger partial charge in [-0.25, -0.2) is 0 Å². The number of hydrogen-bond acceptors (Lipinski definition) is 5. The normalized spacial score (nSPS) is 40.0. The topological polar surface area (TPSA) is 77.5 Å². The van der Waals surface area contributed by atoms with E-state index in [1.165, 1.54) is 0 Å². The molecule has 0 amide bonds. The number of ether oxygens (including phenoxy) is 1. The number of rotatable bonds is 4. The molecule has 2 saturated carbocycles. The van der Waals surface area contributed by atoms with Crippen molar-refractivity contribution in [2.45, 2.75) is 46.5 Å². The molecule has 154 valence electrons. The fourth-order valence-electron chi connectivity index (χ4n) is 6.38. The molecule has 0 radical (unpaired) electrons. The average Bonchev–Trinajstić information content (AvgIpc) is 3.02. The molecule has 0 aromatic heterocycles. The van der Waals surface area contributed by atoms with Crippen LogP contribution >= 0.6 is 0 Å². The van der Waals surface area contributed by atoms with Gasteiger partial charge >= 0.3 is 5.97 Å². The lowest BCUT2D eigenvalue weighted by molar-refractivity contribution is -0.152. The molecule has 0 N–H and O–H groups in total. The van der Waals surface area contributed by atoms with E-state index < -0.39 is 10.8 Å². The maximum Gasteiger partial charge on any atom is 0.305 e. The van der Waals surface area contributed by atoms with E-state index in [0.29, 0.717) is 6.42 Å². The Morgan fingerprint density at radius 3 is 2.66 bits per heavy atom. The Labute approximate surface area is 171 Å². The summed E-state index contributed by atoms with van der Waals surface area (Å²) in [6, 6.07) is 0. The van der Waals surface area contributed by atoms with Gasteiger partial charge in [-0.1, -0.05) is 39.0 Å². The van der Waals surface area contributed by atoms with Crippen LogP contribution in [0.2, 0.25) is 0 Å². The fourth-order valence-corrected chi connectivity index (χ4v) is 6.38. The van der Waals surface area contributed by atoms with Gasteiger partial charge in [-0.3, -0.25) is 19.2 Å². The highest BCUT2D eigenvalue weighted by atomic mass is 16.5. The van der Waals surface area contributed by atoms with Crippen molar-refractivity contribution in [1.29, 1.82) is 0 Å². The highest BCUT2D eigenvalue weighted by Gasteiger charge is 2.61. The Balaban J connectivity index is 1.63.